The summed E-state index contributed by atoms with van der Waals surface area (Å²) in [7, 11) is 2.83. The van der Waals surface area contributed by atoms with Gasteiger partial charge >= 0.3 is 6.09 Å². The monoisotopic (exact) mass is 304 g/mol. The number of hydrogen-bond acceptors (Lipinski definition) is 7. The minimum Gasteiger partial charge on any atom is -0.452 e. The lowest BCUT2D eigenvalue weighted by atomic mass is 9.79. The van der Waals surface area contributed by atoms with Gasteiger partial charge in [0.15, 0.2) is 0 Å². The highest BCUT2D eigenvalue weighted by atomic mass is 16.5. The summed E-state index contributed by atoms with van der Waals surface area (Å²) in [5.74, 6) is 2.05. The first-order valence-corrected chi connectivity index (χ1v) is 6.16. The Morgan fingerprint density at radius 3 is 2.14 bits per heavy atom. The Morgan fingerprint density at radius 1 is 1.14 bits per heavy atom. The molecule has 0 bridgehead atoms. The number of fused-ring (bicyclic) bond motifs is 1. The van der Waals surface area contributed by atoms with Crippen LogP contribution in [0.3, 0.4) is 0 Å². The summed E-state index contributed by atoms with van der Waals surface area (Å²) in [6.45, 7) is 0. The standard InChI is InChI=1S/C10H12O4.C2H6N2O2.H2O/c1-14-5-2-3-6-7(4-5)9(12)10(13)8(6)11;1-6-2(5)4-3;/h5-7H,2-4H2,1H3;3H2,1H3,(H,4,5);1H2. The zero-order valence-electron chi connectivity index (χ0n) is 11.9. The van der Waals surface area contributed by atoms with Crippen molar-refractivity contribution in [1.82, 2.24) is 5.43 Å². The number of rotatable bonds is 1. The van der Waals surface area contributed by atoms with Crippen molar-refractivity contribution in [3.8, 4) is 0 Å². The van der Waals surface area contributed by atoms with Gasteiger partial charge < -0.3 is 14.9 Å². The lowest BCUT2D eigenvalue weighted by Gasteiger charge is -2.27. The Morgan fingerprint density at radius 2 is 1.71 bits per heavy atom. The molecule has 3 atom stereocenters. The van der Waals surface area contributed by atoms with Gasteiger partial charge in [0.1, 0.15) is 0 Å². The maximum Gasteiger partial charge on any atom is 0.421 e. The quantitative estimate of drug-likeness (QED) is 0.259. The van der Waals surface area contributed by atoms with Crippen molar-refractivity contribution < 1.29 is 34.1 Å². The predicted octanol–water partition coefficient (Wildman–Crippen LogP) is -1.47. The predicted molar refractivity (Wildman–Crippen MR) is 70.0 cm³/mol. The first-order valence-electron chi connectivity index (χ1n) is 6.16. The third kappa shape index (κ3) is 4.31. The van der Waals surface area contributed by atoms with Gasteiger partial charge in [0.25, 0.3) is 5.78 Å². The summed E-state index contributed by atoms with van der Waals surface area (Å²) in [6.07, 6.45) is 1.30. The van der Waals surface area contributed by atoms with E-state index < -0.39 is 29.4 Å². The van der Waals surface area contributed by atoms with Crippen LogP contribution in [0.5, 0.6) is 0 Å². The van der Waals surface area contributed by atoms with Gasteiger partial charge in [0.2, 0.25) is 11.6 Å². The van der Waals surface area contributed by atoms with Crippen molar-refractivity contribution in [2.24, 2.45) is 17.7 Å². The molecule has 2 aliphatic carbocycles. The Hall–Kier alpha value is -1.84. The fourth-order valence-corrected chi connectivity index (χ4v) is 2.47. The number of hydrazine groups is 1. The summed E-state index contributed by atoms with van der Waals surface area (Å²) < 4.78 is 9.17. The van der Waals surface area contributed by atoms with E-state index in [-0.39, 0.29) is 17.5 Å². The molecule has 0 aromatic carbocycles. The van der Waals surface area contributed by atoms with Crippen LogP contribution >= 0.6 is 0 Å². The number of nitrogens with one attached hydrogen (secondary N) is 1. The molecule has 2 rings (SSSR count). The summed E-state index contributed by atoms with van der Waals surface area (Å²) in [5, 5.41) is 0. The molecule has 0 saturated heterocycles. The van der Waals surface area contributed by atoms with Gasteiger partial charge in [-0.15, -0.1) is 0 Å². The molecular formula is C12H20N2O7. The molecule has 0 spiro atoms. The summed E-state index contributed by atoms with van der Waals surface area (Å²) >= 11 is 0. The number of nitrogens with two attached hydrogens (primary N) is 1. The van der Waals surface area contributed by atoms with Crippen molar-refractivity contribution >= 4 is 23.4 Å². The first kappa shape index (κ1) is 19.2. The Balaban J connectivity index is 0.000000495. The minimum atomic E-state index is -0.795. The van der Waals surface area contributed by atoms with Crippen molar-refractivity contribution in [2.45, 2.75) is 25.4 Å². The Labute approximate surface area is 121 Å². The second-order valence-electron chi connectivity index (χ2n) is 4.58. The third-order valence-corrected chi connectivity index (χ3v) is 3.56. The molecule has 3 unspecified atom stereocenters. The molecule has 2 fully saturated rings. The van der Waals surface area contributed by atoms with Crippen LogP contribution in [0.25, 0.3) is 0 Å². The molecule has 21 heavy (non-hydrogen) atoms. The largest absolute Gasteiger partial charge is 0.452 e. The molecule has 9 nitrogen and oxygen atoms in total. The number of ether oxygens (including phenoxy) is 2. The number of carbonyl (C=O) groups is 4. The van der Waals surface area contributed by atoms with E-state index in [1.165, 1.54) is 7.11 Å². The summed E-state index contributed by atoms with van der Waals surface area (Å²) in [4.78, 5) is 43.6. The highest BCUT2D eigenvalue weighted by molar-refractivity contribution is 6.68. The molecule has 5 N–H and O–H groups in total. The Kier molecular flexibility index (Phi) is 7.71. The maximum atomic E-state index is 11.4. The number of ketones is 3. The molecule has 9 heteroatoms. The molecule has 0 aromatic heterocycles. The average molecular weight is 304 g/mol. The van der Waals surface area contributed by atoms with Crippen LogP contribution < -0.4 is 11.3 Å². The molecule has 0 radical (unpaired) electrons. The van der Waals surface area contributed by atoms with Crippen LogP contribution in [-0.4, -0.2) is 49.2 Å². The van der Waals surface area contributed by atoms with Crippen molar-refractivity contribution in [3.05, 3.63) is 0 Å². The number of hydrogen-bond donors (Lipinski definition) is 2. The zero-order valence-corrected chi connectivity index (χ0v) is 11.9. The molecule has 120 valence electrons. The first-order chi connectivity index (χ1) is 9.46. The van der Waals surface area contributed by atoms with E-state index in [9.17, 15) is 19.2 Å². The fourth-order valence-electron chi connectivity index (χ4n) is 2.47. The normalized spacial score (nSPS) is 27.0. The third-order valence-electron chi connectivity index (χ3n) is 3.56. The number of amides is 1. The van der Waals surface area contributed by atoms with Crippen molar-refractivity contribution in [2.75, 3.05) is 14.2 Å². The van der Waals surface area contributed by atoms with Crippen molar-refractivity contribution in [3.63, 3.8) is 0 Å². The number of Topliss-reactive ketones (excluding diaryl/α,β-unsaturated/α-hetero) is 3. The summed E-state index contributed by atoms with van der Waals surface area (Å²) in [6, 6.07) is 0. The lowest BCUT2D eigenvalue weighted by Crippen LogP contribution is -2.30. The van der Waals surface area contributed by atoms with Crippen LogP contribution in [0.2, 0.25) is 0 Å². The van der Waals surface area contributed by atoms with E-state index in [0.717, 1.165) is 6.42 Å². The van der Waals surface area contributed by atoms with E-state index in [4.69, 9.17) is 4.74 Å². The van der Waals surface area contributed by atoms with Gasteiger partial charge in [0, 0.05) is 18.9 Å². The van der Waals surface area contributed by atoms with Gasteiger partial charge in [-0.25, -0.2) is 10.6 Å². The molecule has 0 aromatic rings. The van der Waals surface area contributed by atoms with E-state index in [2.05, 4.69) is 10.6 Å². The zero-order chi connectivity index (χ0) is 15.3. The molecule has 0 aliphatic heterocycles. The van der Waals surface area contributed by atoms with Crippen molar-refractivity contribution in [1.29, 1.82) is 0 Å². The van der Waals surface area contributed by atoms with Gasteiger partial charge in [-0.1, -0.05) is 0 Å². The van der Waals surface area contributed by atoms with Gasteiger partial charge in [0.05, 0.1) is 13.2 Å². The second kappa shape index (κ2) is 8.45. The summed E-state index contributed by atoms with van der Waals surface area (Å²) in [5.41, 5.74) is 1.75. The molecule has 2 saturated carbocycles. The Bertz CT molecular complexity index is 418. The van der Waals surface area contributed by atoms with Gasteiger partial charge in [-0.05, 0) is 19.3 Å². The van der Waals surface area contributed by atoms with E-state index in [1.807, 2.05) is 0 Å². The van der Waals surface area contributed by atoms with Gasteiger partial charge in [-0.2, -0.15) is 0 Å². The van der Waals surface area contributed by atoms with E-state index in [1.54, 1.807) is 12.5 Å². The fraction of sp³-hybridized carbons (Fsp3) is 0.667. The average Bonchev–Trinajstić information content (AvgIpc) is 2.71. The number of carbonyl (C=O) groups excluding carboxylic acids is 4. The van der Waals surface area contributed by atoms with Gasteiger partial charge in [-0.3, -0.25) is 19.8 Å². The lowest BCUT2D eigenvalue weighted by molar-refractivity contribution is -0.141. The topological polar surface area (TPSA) is 156 Å². The van der Waals surface area contributed by atoms with Crippen LogP contribution in [0, 0.1) is 11.8 Å². The highest BCUT2D eigenvalue weighted by Gasteiger charge is 2.50. The van der Waals surface area contributed by atoms with Crippen LogP contribution in [0.15, 0.2) is 0 Å². The van der Waals surface area contributed by atoms with Crippen LogP contribution in [-0.2, 0) is 23.9 Å². The number of methoxy groups -OCH3 is 2. The van der Waals surface area contributed by atoms with E-state index >= 15 is 0 Å². The smallest absolute Gasteiger partial charge is 0.421 e. The molecule has 0 heterocycles. The molecule has 2 aliphatic rings. The molecule has 1 amide bonds. The highest BCUT2D eigenvalue weighted by Crippen LogP contribution is 2.37. The SMILES string of the molecule is COC(=O)NN.COC1CCC2C(=O)C(=O)C(=O)C2C1.O. The van der Waals surface area contributed by atoms with Crippen LogP contribution in [0.1, 0.15) is 19.3 Å². The van der Waals surface area contributed by atoms with Crippen LogP contribution in [0.4, 0.5) is 4.79 Å². The molecular weight excluding hydrogens is 284 g/mol. The minimum absolute atomic E-state index is 0. The maximum absolute atomic E-state index is 11.4. The van der Waals surface area contributed by atoms with E-state index in [0.29, 0.717) is 12.8 Å². The second-order valence-corrected chi connectivity index (χ2v) is 4.58.